The predicted octanol–water partition coefficient (Wildman–Crippen LogP) is -0.446. The van der Waals surface area contributed by atoms with E-state index in [9.17, 15) is 28.8 Å². The van der Waals surface area contributed by atoms with E-state index in [2.05, 4.69) is 5.32 Å². The Balaban J connectivity index is 1.86. The molecule has 0 radical (unpaired) electrons. The number of likely N-dealkylation sites (N-methyl/N-ethyl adjacent to an activating group) is 1. The van der Waals surface area contributed by atoms with Crippen LogP contribution in [0.15, 0.2) is 48.5 Å². The van der Waals surface area contributed by atoms with Crippen LogP contribution in [0.5, 0.6) is 5.75 Å². The molecule has 3 rings (SSSR count). The number of rotatable bonds is 13. The Labute approximate surface area is 266 Å². The van der Waals surface area contributed by atoms with E-state index >= 15 is 0 Å². The summed E-state index contributed by atoms with van der Waals surface area (Å²) >= 11 is 0. The number of esters is 2. The van der Waals surface area contributed by atoms with E-state index < -0.39 is 67.2 Å². The van der Waals surface area contributed by atoms with E-state index in [1.54, 1.807) is 24.3 Å². The second kappa shape index (κ2) is 16.0. The Kier molecular flexibility index (Phi) is 12.2. The van der Waals surface area contributed by atoms with Crippen LogP contribution in [0.3, 0.4) is 0 Å². The van der Waals surface area contributed by atoms with Crippen molar-refractivity contribution in [3.8, 4) is 5.75 Å². The SMILES string of the molecule is COC(=O)CC1C(=O)N(CC(=O)OCC(=O)N(C)C)CCN1C(=O)[C@H](Cc1ccc(OC)cc1)NC(=O)c1ccc(C(=N)N)cc1. The number of amidine groups is 1. The Morgan fingerprint density at radius 2 is 1.61 bits per heavy atom. The van der Waals surface area contributed by atoms with Gasteiger partial charge in [0.1, 0.15) is 30.2 Å². The van der Waals surface area contributed by atoms with Gasteiger partial charge in [-0.2, -0.15) is 0 Å². The number of carbonyl (C=O) groups excluding carboxylic acids is 6. The number of nitrogen functional groups attached to an aromatic ring is 1. The van der Waals surface area contributed by atoms with Gasteiger partial charge < -0.3 is 40.0 Å². The van der Waals surface area contributed by atoms with E-state index in [0.717, 1.165) is 12.0 Å². The van der Waals surface area contributed by atoms with Crippen LogP contribution in [-0.4, -0.2) is 123 Å². The molecule has 0 spiro atoms. The van der Waals surface area contributed by atoms with Crippen molar-refractivity contribution in [3.05, 3.63) is 65.2 Å². The molecule has 1 unspecified atom stereocenters. The summed E-state index contributed by atoms with van der Waals surface area (Å²) in [5.41, 5.74) is 6.81. The van der Waals surface area contributed by atoms with E-state index in [0.29, 0.717) is 16.9 Å². The van der Waals surface area contributed by atoms with Gasteiger partial charge in [-0.3, -0.25) is 34.2 Å². The zero-order valence-corrected chi connectivity index (χ0v) is 26.1. The summed E-state index contributed by atoms with van der Waals surface area (Å²) in [6.07, 6.45) is -0.465. The number of nitrogens with one attached hydrogen (secondary N) is 2. The van der Waals surface area contributed by atoms with Gasteiger partial charge in [-0.05, 0) is 29.8 Å². The Hall–Kier alpha value is -5.47. The molecule has 0 bridgehead atoms. The maximum absolute atomic E-state index is 14.1. The fourth-order valence-electron chi connectivity index (χ4n) is 4.61. The van der Waals surface area contributed by atoms with Crippen molar-refractivity contribution in [2.45, 2.75) is 24.9 Å². The highest BCUT2D eigenvalue weighted by molar-refractivity contribution is 6.01. The van der Waals surface area contributed by atoms with Crippen LogP contribution in [0.25, 0.3) is 0 Å². The van der Waals surface area contributed by atoms with Gasteiger partial charge in [0.05, 0.1) is 20.6 Å². The molecule has 4 N–H and O–H groups in total. The van der Waals surface area contributed by atoms with Crippen LogP contribution in [0.2, 0.25) is 0 Å². The summed E-state index contributed by atoms with van der Waals surface area (Å²) < 4.78 is 15.0. The number of ether oxygens (including phenoxy) is 3. The van der Waals surface area contributed by atoms with Crippen LogP contribution in [0.4, 0.5) is 0 Å². The van der Waals surface area contributed by atoms with Gasteiger partial charge in [0.2, 0.25) is 11.8 Å². The standard InChI is InChI=1S/C31H38N6O9/c1-35(2)25(38)18-46-27(40)17-36-13-14-37(24(31(36)43)16-26(39)45-4)30(42)23(15-19-5-11-22(44-3)12-6-19)34-29(41)21-9-7-20(8-10-21)28(32)33/h5-12,23-24H,13-18H2,1-4H3,(H3,32,33)(H,34,41)/t23-,24?/m0/s1. The first kappa shape index (κ1) is 35.0. The Morgan fingerprint density at radius 1 is 0.978 bits per heavy atom. The molecule has 0 saturated carbocycles. The quantitative estimate of drug-likeness (QED) is 0.147. The maximum atomic E-state index is 14.1. The van der Waals surface area contributed by atoms with E-state index in [4.69, 9.17) is 25.4 Å². The molecule has 0 aromatic heterocycles. The number of nitrogens with zero attached hydrogens (tertiary/aromatic N) is 3. The lowest BCUT2D eigenvalue weighted by Crippen LogP contribution is -2.63. The van der Waals surface area contributed by atoms with Gasteiger partial charge in [0.25, 0.3) is 11.8 Å². The molecule has 1 fully saturated rings. The van der Waals surface area contributed by atoms with Gasteiger partial charge in [0.15, 0.2) is 6.61 Å². The van der Waals surface area contributed by atoms with Gasteiger partial charge in [0, 0.05) is 44.7 Å². The van der Waals surface area contributed by atoms with Crippen molar-refractivity contribution < 1.29 is 43.0 Å². The topological polar surface area (TPSA) is 202 Å². The number of hydrogen-bond acceptors (Lipinski definition) is 10. The minimum absolute atomic E-state index is 0.0334. The summed E-state index contributed by atoms with van der Waals surface area (Å²) in [6.45, 7) is -1.15. The minimum Gasteiger partial charge on any atom is -0.497 e. The second-order valence-corrected chi connectivity index (χ2v) is 10.6. The number of benzene rings is 2. The number of amides is 4. The first-order valence-electron chi connectivity index (χ1n) is 14.2. The normalized spacial score (nSPS) is 15.0. The highest BCUT2D eigenvalue weighted by atomic mass is 16.5. The number of methoxy groups -OCH3 is 2. The largest absolute Gasteiger partial charge is 0.497 e. The molecule has 246 valence electrons. The summed E-state index contributed by atoms with van der Waals surface area (Å²) in [7, 11) is 5.66. The first-order chi connectivity index (χ1) is 21.8. The van der Waals surface area contributed by atoms with Crippen molar-refractivity contribution in [3.63, 3.8) is 0 Å². The molecule has 1 aliphatic rings. The van der Waals surface area contributed by atoms with E-state index in [1.807, 2.05) is 0 Å². The van der Waals surface area contributed by atoms with Gasteiger partial charge in [-0.25, -0.2) is 0 Å². The third kappa shape index (κ3) is 9.27. The summed E-state index contributed by atoms with van der Waals surface area (Å²) in [4.78, 5) is 81.1. The predicted molar refractivity (Wildman–Crippen MR) is 164 cm³/mol. The zero-order chi connectivity index (χ0) is 34.0. The van der Waals surface area contributed by atoms with Crippen molar-refractivity contribution >= 4 is 41.4 Å². The second-order valence-electron chi connectivity index (χ2n) is 10.6. The average molecular weight is 639 g/mol. The van der Waals surface area contributed by atoms with Crippen LogP contribution in [-0.2, 0) is 39.9 Å². The van der Waals surface area contributed by atoms with Gasteiger partial charge in [-0.1, -0.05) is 24.3 Å². The lowest BCUT2D eigenvalue weighted by Gasteiger charge is -2.41. The number of carbonyl (C=O) groups is 6. The molecular weight excluding hydrogens is 600 g/mol. The molecule has 46 heavy (non-hydrogen) atoms. The molecule has 15 heteroatoms. The smallest absolute Gasteiger partial charge is 0.326 e. The highest BCUT2D eigenvalue weighted by Crippen LogP contribution is 2.20. The molecule has 4 amide bonds. The number of nitrogens with two attached hydrogens (primary N) is 1. The Bertz CT molecular complexity index is 1460. The fraction of sp³-hybridized carbons (Fsp3) is 0.387. The first-order valence-corrected chi connectivity index (χ1v) is 14.2. The molecule has 2 atom stereocenters. The molecule has 2 aromatic carbocycles. The molecule has 0 aliphatic carbocycles. The summed E-state index contributed by atoms with van der Waals surface area (Å²) in [6, 6.07) is 10.3. The van der Waals surface area contributed by atoms with Crippen molar-refractivity contribution in [1.29, 1.82) is 5.41 Å². The third-order valence-corrected chi connectivity index (χ3v) is 7.29. The maximum Gasteiger partial charge on any atom is 0.326 e. The van der Waals surface area contributed by atoms with Gasteiger partial charge >= 0.3 is 11.9 Å². The molecule has 1 heterocycles. The van der Waals surface area contributed by atoms with Gasteiger partial charge in [-0.15, -0.1) is 0 Å². The monoisotopic (exact) mass is 638 g/mol. The zero-order valence-electron chi connectivity index (χ0n) is 26.1. The summed E-state index contributed by atoms with van der Waals surface area (Å²) in [5.74, 6) is -3.55. The van der Waals surface area contributed by atoms with E-state index in [-0.39, 0.29) is 30.9 Å². The highest BCUT2D eigenvalue weighted by Gasteiger charge is 2.42. The van der Waals surface area contributed by atoms with Crippen LogP contribution in [0.1, 0.15) is 27.9 Å². The lowest BCUT2D eigenvalue weighted by molar-refractivity contribution is -0.161. The molecule has 1 aliphatic heterocycles. The molecule has 15 nitrogen and oxygen atoms in total. The molecule has 2 aromatic rings. The fourth-order valence-corrected chi connectivity index (χ4v) is 4.61. The molecular formula is C31H38N6O9. The van der Waals surface area contributed by atoms with Crippen molar-refractivity contribution in [2.24, 2.45) is 5.73 Å². The Morgan fingerprint density at radius 3 is 2.17 bits per heavy atom. The average Bonchev–Trinajstić information content (AvgIpc) is 3.04. The number of hydrogen-bond donors (Lipinski definition) is 3. The number of piperazine rings is 1. The van der Waals surface area contributed by atoms with Crippen LogP contribution < -0.4 is 15.8 Å². The third-order valence-electron chi connectivity index (χ3n) is 7.29. The van der Waals surface area contributed by atoms with Crippen LogP contribution >= 0.6 is 0 Å². The minimum atomic E-state index is -1.34. The summed E-state index contributed by atoms with van der Waals surface area (Å²) in [5, 5.41) is 10.3. The van der Waals surface area contributed by atoms with E-state index in [1.165, 1.54) is 55.3 Å². The van der Waals surface area contributed by atoms with Crippen molar-refractivity contribution in [2.75, 3.05) is 54.6 Å². The molecule has 1 saturated heterocycles. The van der Waals surface area contributed by atoms with Crippen molar-refractivity contribution in [1.82, 2.24) is 20.0 Å². The lowest BCUT2D eigenvalue weighted by atomic mass is 10.0. The van der Waals surface area contributed by atoms with Crippen LogP contribution in [0, 0.1) is 5.41 Å².